The second-order valence-electron chi connectivity index (χ2n) is 11.9. The number of aromatic amines is 1. The van der Waals surface area contributed by atoms with E-state index in [4.69, 9.17) is 0 Å². The molecule has 212 valence electrons. The lowest BCUT2D eigenvalue weighted by molar-refractivity contribution is -0.727. The molecular weight excluding hydrogens is 436 g/mol. The summed E-state index contributed by atoms with van der Waals surface area (Å²) in [5.41, 5.74) is 0. The van der Waals surface area contributed by atoms with Crippen molar-refractivity contribution in [1.82, 2.24) is 4.98 Å². The van der Waals surface area contributed by atoms with Gasteiger partial charge in [-0.25, -0.2) is 9.55 Å². The van der Waals surface area contributed by atoms with Gasteiger partial charge in [-0.15, -0.1) is 0 Å². The molecule has 1 aromatic rings. The number of nitrogens with one attached hydrogen (secondary N) is 1. The molecule has 1 rings (SSSR count). The van der Waals surface area contributed by atoms with Gasteiger partial charge < -0.3 is 0 Å². The Balaban J connectivity index is 2.49. The lowest BCUT2D eigenvalue weighted by Gasteiger charge is -2.17. The first kappa shape index (κ1) is 33.2. The molecule has 0 saturated carbocycles. The maximum atomic E-state index is 3.72. The molecule has 0 aliphatic rings. The SMILES string of the molecule is CCCCCCCCCCCC(CCCCCCCCCC)c1[nH]cc[n+]1C(C)CCCCCCC. The standard InChI is InChI=1S/C34H66N2/c1-5-8-11-14-16-18-20-23-26-29-33(28-25-22-19-17-15-12-9-6-2)34-35-30-31-36(34)32(4)27-24-21-13-10-7-3/h30-33H,5-29H2,1-4H3/p+1. The van der Waals surface area contributed by atoms with Crippen LogP contribution in [-0.2, 0) is 0 Å². The van der Waals surface area contributed by atoms with E-state index < -0.39 is 0 Å². The minimum Gasteiger partial charge on any atom is -0.247 e. The van der Waals surface area contributed by atoms with E-state index in [1.807, 2.05) is 0 Å². The Morgan fingerprint density at radius 2 is 0.889 bits per heavy atom. The molecule has 0 saturated heterocycles. The molecule has 2 atom stereocenters. The molecule has 0 spiro atoms. The van der Waals surface area contributed by atoms with Crippen molar-refractivity contribution in [2.45, 2.75) is 200 Å². The number of unbranched alkanes of at least 4 members (excludes halogenated alkanes) is 19. The van der Waals surface area contributed by atoms with E-state index in [-0.39, 0.29) is 0 Å². The molecule has 1 N–H and O–H groups in total. The van der Waals surface area contributed by atoms with Gasteiger partial charge in [0, 0.05) is 0 Å². The van der Waals surface area contributed by atoms with Crippen molar-refractivity contribution in [1.29, 1.82) is 0 Å². The topological polar surface area (TPSA) is 19.7 Å². The summed E-state index contributed by atoms with van der Waals surface area (Å²) < 4.78 is 2.61. The first-order valence-corrected chi connectivity index (χ1v) is 16.8. The van der Waals surface area contributed by atoms with Gasteiger partial charge in [-0.2, -0.15) is 0 Å². The van der Waals surface area contributed by atoms with Crippen LogP contribution in [0, 0.1) is 0 Å². The molecule has 2 nitrogen and oxygen atoms in total. The average molecular weight is 504 g/mol. The highest BCUT2D eigenvalue weighted by molar-refractivity contribution is 4.90. The molecule has 0 bridgehead atoms. The predicted octanol–water partition coefficient (Wildman–Crippen LogP) is 11.8. The van der Waals surface area contributed by atoms with Gasteiger partial charge in [0.2, 0.25) is 0 Å². The minimum absolute atomic E-state index is 0.622. The van der Waals surface area contributed by atoms with Gasteiger partial charge >= 0.3 is 0 Å². The van der Waals surface area contributed by atoms with Gasteiger partial charge in [0.15, 0.2) is 0 Å². The summed E-state index contributed by atoms with van der Waals surface area (Å²) in [6.45, 7) is 9.38. The van der Waals surface area contributed by atoms with Crippen molar-refractivity contribution in [3.63, 3.8) is 0 Å². The van der Waals surface area contributed by atoms with Crippen molar-refractivity contribution >= 4 is 0 Å². The zero-order chi connectivity index (χ0) is 26.1. The number of nitrogens with zero attached hydrogens (tertiary/aromatic N) is 1. The largest absolute Gasteiger partial charge is 0.257 e. The molecule has 0 amide bonds. The second-order valence-corrected chi connectivity index (χ2v) is 11.9. The Hall–Kier alpha value is -0.790. The van der Waals surface area contributed by atoms with Crippen LogP contribution < -0.4 is 4.57 Å². The van der Waals surface area contributed by atoms with E-state index in [1.54, 1.807) is 0 Å². The molecule has 0 radical (unpaired) electrons. The molecular formula is C34H67N2+. The summed E-state index contributed by atoms with van der Waals surface area (Å²) in [6, 6.07) is 0.622. The van der Waals surface area contributed by atoms with Crippen LogP contribution in [0.5, 0.6) is 0 Å². The summed E-state index contributed by atoms with van der Waals surface area (Å²) in [6.07, 6.45) is 39.8. The second kappa shape index (κ2) is 24.5. The minimum atomic E-state index is 0.622. The number of hydrogen-bond acceptors (Lipinski definition) is 0. The Morgan fingerprint density at radius 1 is 0.528 bits per heavy atom. The third kappa shape index (κ3) is 16.9. The van der Waals surface area contributed by atoms with Gasteiger partial charge in [-0.1, -0.05) is 156 Å². The smallest absolute Gasteiger partial charge is 0.247 e. The van der Waals surface area contributed by atoms with E-state index in [9.17, 15) is 0 Å². The Labute approximate surface area is 227 Å². The van der Waals surface area contributed by atoms with Crippen LogP contribution in [0.4, 0.5) is 0 Å². The van der Waals surface area contributed by atoms with E-state index >= 15 is 0 Å². The molecule has 1 heterocycles. The fourth-order valence-electron chi connectivity index (χ4n) is 5.90. The van der Waals surface area contributed by atoms with E-state index in [0.717, 1.165) is 0 Å². The van der Waals surface area contributed by atoms with Crippen molar-refractivity contribution in [2.75, 3.05) is 0 Å². The normalized spacial score (nSPS) is 13.3. The summed E-state index contributed by atoms with van der Waals surface area (Å²) in [7, 11) is 0. The van der Waals surface area contributed by atoms with Gasteiger partial charge in [0.25, 0.3) is 5.82 Å². The molecule has 36 heavy (non-hydrogen) atoms. The first-order valence-electron chi connectivity index (χ1n) is 16.8. The van der Waals surface area contributed by atoms with Crippen LogP contribution in [0.25, 0.3) is 0 Å². The van der Waals surface area contributed by atoms with Crippen LogP contribution in [0.15, 0.2) is 12.4 Å². The summed E-state index contributed by atoms with van der Waals surface area (Å²) in [5.74, 6) is 2.24. The Kier molecular flexibility index (Phi) is 22.7. The third-order valence-electron chi connectivity index (χ3n) is 8.39. The van der Waals surface area contributed by atoms with Crippen LogP contribution >= 0.6 is 0 Å². The Bertz CT molecular complexity index is 563. The zero-order valence-electron chi connectivity index (χ0n) is 25.4. The summed E-state index contributed by atoms with van der Waals surface area (Å²) in [5, 5.41) is 0. The lowest BCUT2D eigenvalue weighted by atomic mass is 9.92. The van der Waals surface area contributed by atoms with E-state index in [0.29, 0.717) is 12.0 Å². The Morgan fingerprint density at radius 3 is 1.31 bits per heavy atom. The van der Waals surface area contributed by atoms with E-state index in [1.165, 1.54) is 166 Å². The number of imidazole rings is 1. The quantitative estimate of drug-likeness (QED) is 0.0909. The molecule has 0 aliphatic heterocycles. The molecule has 2 unspecified atom stereocenters. The predicted molar refractivity (Wildman–Crippen MR) is 161 cm³/mol. The number of H-pyrrole nitrogens is 1. The number of hydrogen-bond donors (Lipinski definition) is 1. The van der Waals surface area contributed by atoms with Crippen molar-refractivity contribution in [3.05, 3.63) is 18.2 Å². The fraction of sp³-hybridized carbons (Fsp3) is 0.912. The maximum Gasteiger partial charge on any atom is 0.257 e. The van der Waals surface area contributed by atoms with Crippen LogP contribution in [0.1, 0.15) is 206 Å². The third-order valence-corrected chi connectivity index (χ3v) is 8.39. The van der Waals surface area contributed by atoms with Crippen molar-refractivity contribution in [2.24, 2.45) is 0 Å². The van der Waals surface area contributed by atoms with Crippen LogP contribution in [0.3, 0.4) is 0 Å². The number of aromatic nitrogens is 2. The molecule has 0 fully saturated rings. The molecule has 0 aromatic carbocycles. The average Bonchev–Trinajstić information content (AvgIpc) is 3.38. The lowest BCUT2D eigenvalue weighted by Crippen LogP contribution is -2.41. The first-order chi connectivity index (χ1) is 17.7. The van der Waals surface area contributed by atoms with Crippen molar-refractivity contribution in [3.8, 4) is 0 Å². The molecule has 1 aromatic heterocycles. The van der Waals surface area contributed by atoms with Crippen LogP contribution in [0.2, 0.25) is 0 Å². The summed E-state index contributed by atoms with van der Waals surface area (Å²) >= 11 is 0. The maximum absolute atomic E-state index is 3.72. The molecule has 2 heteroatoms. The van der Waals surface area contributed by atoms with Crippen molar-refractivity contribution < 1.29 is 4.57 Å². The highest BCUT2D eigenvalue weighted by atomic mass is 15.1. The molecule has 0 aliphatic carbocycles. The van der Waals surface area contributed by atoms with Gasteiger partial charge in [-0.3, -0.25) is 0 Å². The van der Waals surface area contributed by atoms with Gasteiger partial charge in [0.05, 0.1) is 12.0 Å². The summed E-state index contributed by atoms with van der Waals surface area (Å²) in [4.78, 5) is 3.72. The highest BCUT2D eigenvalue weighted by Crippen LogP contribution is 2.27. The highest BCUT2D eigenvalue weighted by Gasteiger charge is 2.25. The van der Waals surface area contributed by atoms with Crippen LogP contribution in [-0.4, -0.2) is 4.98 Å². The van der Waals surface area contributed by atoms with Gasteiger partial charge in [0.1, 0.15) is 12.4 Å². The van der Waals surface area contributed by atoms with Gasteiger partial charge in [-0.05, 0) is 32.6 Å². The van der Waals surface area contributed by atoms with E-state index in [2.05, 4.69) is 49.6 Å². The monoisotopic (exact) mass is 504 g/mol. The zero-order valence-corrected chi connectivity index (χ0v) is 25.4. The fourth-order valence-corrected chi connectivity index (χ4v) is 5.90. The number of rotatable bonds is 27.